The summed E-state index contributed by atoms with van der Waals surface area (Å²) in [4.78, 5) is 0. The topological polar surface area (TPSA) is 26.3 Å². The van der Waals surface area contributed by atoms with Gasteiger partial charge in [0.1, 0.15) is 22.7 Å². The molecule has 0 aliphatic carbocycles. The number of hydrogen-bond acceptors (Lipinski definition) is 2. The molecule has 180 valence electrons. The molecule has 2 aromatic heterocycles. The highest BCUT2D eigenvalue weighted by molar-refractivity contribution is 6.23. The number of benzene rings is 6. The maximum Gasteiger partial charge on any atom is 0.136 e. The van der Waals surface area contributed by atoms with Gasteiger partial charge in [-0.1, -0.05) is 83.9 Å². The highest BCUT2D eigenvalue weighted by Crippen LogP contribution is 2.43. The fourth-order valence-electron chi connectivity index (χ4n) is 5.91. The molecular weight excluding hydrogens is 464 g/mol. The number of aryl methyl sites for hydroxylation is 2. The number of rotatable bonds is 2. The Kier molecular flexibility index (Phi) is 4.39. The minimum atomic E-state index is 0.894. The molecule has 38 heavy (non-hydrogen) atoms. The average Bonchev–Trinajstić information content (AvgIpc) is 3.56. The van der Waals surface area contributed by atoms with Crippen molar-refractivity contribution in [3.63, 3.8) is 0 Å². The van der Waals surface area contributed by atoms with Crippen LogP contribution in [0.5, 0.6) is 0 Å². The lowest BCUT2D eigenvalue weighted by molar-refractivity contribution is 0.632. The van der Waals surface area contributed by atoms with Crippen molar-refractivity contribution in [2.45, 2.75) is 13.8 Å². The van der Waals surface area contributed by atoms with Crippen LogP contribution in [0.2, 0.25) is 0 Å². The number of hydrogen-bond donors (Lipinski definition) is 0. The molecule has 8 rings (SSSR count). The second-order valence-corrected chi connectivity index (χ2v) is 10.3. The van der Waals surface area contributed by atoms with Crippen LogP contribution in [0.3, 0.4) is 0 Å². The lowest BCUT2D eigenvalue weighted by atomic mass is 9.89. The molecule has 2 heterocycles. The summed E-state index contributed by atoms with van der Waals surface area (Å²) in [6.07, 6.45) is 0. The third-order valence-electron chi connectivity index (χ3n) is 7.76. The summed E-state index contributed by atoms with van der Waals surface area (Å²) in [5, 5.41) is 9.47. The third kappa shape index (κ3) is 3.13. The molecule has 0 spiro atoms. The number of furan rings is 2. The Morgan fingerprint density at radius 2 is 0.842 bits per heavy atom. The Morgan fingerprint density at radius 3 is 1.29 bits per heavy atom. The summed E-state index contributed by atoms with van der Waals surface area (Å²) in [6.45, 7) is 4.30. The van der Waals surface area contributed by atoms with Crippen LogP contribution in [0, 0.1) is 13.8 Å². The molecule has 0 radical (unpaired) electrons. The highest BCUT2D eigenvalue weighted by atomic mass is 16.3. The van der Waals surface area contributed by atoms with Gasteiger partial charge in [-0.2, -0.15) is 0 Å². The largest absolute Gasteiger partial charge is 0.456 e. The number of fused-ring (bicyclic) bond motifs is 7. The van der Waals surface area contributed by atoms with Crippen LogP contribution in [0.15, 0.2) is 118 Å². The molecule has 0 fully saturated rings. The summed E-state index contributed by atoms with van der Waals surface area (Å²) in [5.74, 6) is 1.79. The zero-order valence-electron chi connectivity index (χ0n) is 21.2. The van der Waals surface area contributed by atoms with Gasteiger partial charge in [0.25, 0.3) is 0 Å². The van der Waals surface area contributed by atoms with E-state index in [4.69, 9.17) is 8.83 Å². The average molecular weight is 489 g/mol. The minimum Gasteiger partial charge on any atom is -0.456 e. The lowest BCUT2D eigenvalue weighted by Crippen LogP contribution is -1.89. The molecule has 0 aliphatic rings. The van der Waals surface area contributed by atoms with E-state index >= 15 is 0 Å². The first-order chi connectivity index (χ1) is 18.6. The van der Waals surface area contributed by atoms with E-state index < -0.39 is 0 Å². The van der Waals surface area contributed by atoms with Crippen molar-refractivity contribution in [2.24, 2.45) is 0 Å². The van der Waals surface area contributed by atoms with Gasteiger partial charge in [0.15, 0.2) is 0 Å². The Balaban J connectivity index is 1.52. The Labute approximate surface area is 219 Å². The zero-order chi connectivity index (χ0) is 25.4. The van der Waals surface area contributed by atoms with Crippen LogP contribution in [0.25, 0.3) is 76.9 Å². The fourth-order valence-corrected chi connectivity index (χ4v) is 5.91. The predicted molar refractivity (Wildman–Crippen MR) is 159 cm³/mol. The van der Waals surface area contributed by atoms with Crippen molar-refractivity contribution in [2.75, 3.05) is 0 Å². The maximum atomic E-state index is 6.39. The first kappa shape index (κ1) is 21.3. The van der Waals surface area contributed by atoms with E-state index in [1.165, 1.54) is 43.4 Å². The fraction of sp³-hybridized carbons (Fsp3) is 0.0556. The van der Waals surface area contributed by atoms with Crippen molar-refractivity contribution < 1.29 is 8.83 Å². The van der Waals surface area contributed by atoms with E-state index in [2.05, 4.69) is 98.8 Å². The molecule has 0 bridgehead atoms. The summed E-state index contributed by atoms with van der Waals surface area (Å²) < 4.78 is 12.8. The molecule has 8 aromatic rings. The Hall–Kier alpha value is -4.82. The van der Waals surface area contributed by atoms with Crippen LogP contribution in [-0.4, -0.2) is 0 Å². The monoisotopic (exact) mass is 488 g/mol. The van der Waals surface area contributed by atoms with Gasteiger partial charge in [0, 0.05) is 21.9 Å². The lowest BCUT2D eigenvalue weighted by Gasteiger charge is -2.15. The van der Waals surface area contributed by atoms with E-state index in [0.717, 1.165) is 44.6 Å². The van der Waals surface area contributed by atoms with Gasteiger partial charge in [0.2, 0.25) is 0 Å². The van der Waals surface area contributed by atoms with Gasteiger partial charge in [0.05, 0.1) is 0 Å². The summed E-state index contributed by atoms with van der Waals surface area (Å²) in [5.41, 5.74) is 6.50. The molecule has 0 saturated carbocycles. The van der Waals surface area contributed by atoms with E-state index in [-0.39, 0.29) is 0 Å². The van der Waals surface area contributed by atoms with E-state index in [1.54, 1.807) is 0 Å². The molecule has 0 aliphatic heterocycles. The van der Waals surface area contributed by atoms with Gasteiger partial charge in [-0.25, -0.2) is 0 Å². The molecule has 0 N–H and O–H groups in total. The molecule has 6 aromatic carbocycles. The highest BCUT2D eigenvalue weighted by Gasteiger charge is 2.18. The molecular formula is C36H24O2. The predicted octanol–water partition coefficient (Wildman–Crippen LogP) is 10.6. The van der Waals surface area contributed by atoms with Gasteiger partial charge < -0.3 is 8.83 Å². The maximum absolute atomic E-state index is 6.39. The van der Waals surface area contributed by atoms with Crippen LogP contribution in [0.4, 0.5) is 0 Å². The van der Waals surface area contributed by atoms with Crippen LogP contribution in [0.1, 0.15) is 11.1 Å². The molecule has 0 atom stereocenters. The Morgan fingerprint density at radius 1 is 0.395 bits per heavy atom. The first-order valence-corrected chi connectivity index (χ1v) is 13.0. The van der Waals surface area contributed by atoms with Crippen molar-refractivity contribution in [3.8, 4) is 22.6 Å². The first-order valence-electron chi connectivity index (χ1n) is 13.0. The Bertz CT molecular complexity index is 1980. The zero-order valence-corrected chi connectivity index (χ0v) is 21.2. The molecule has 2 heteroatoms. The van der Waals surface area contributed by atoms with E-state index in [9.17, 15) is 0 Å². The van der Waals surface area contributed by atoms with Gasteiger partial charge in [-0.3, -0.25) is 0 Å². The summed E-state index contributed by atoms with van der Waals surface area (Å²) in [7, 11) is 0. The van der Waals surface area contributed by atoms with Gasteiger partial charge in [-0.05, 0) is 82.6 Å². The van der Waals surface area contributed by atoms with Crippen LogP contribution < -0.4 is 0 Å². The van der Waals surface area contributed by atoms with Crippen molar-refractivity contribution in [1.29, 1.82) is 0 Å². The standard InChI is InChI=1S/C36H24O2/c1-21-11-13-25-27(15-21)31(35-17-23-7-3-5-9-33(23)37-35)19-30-26-14-12-22(2)16-28(26)32(20-29(25)30)36-18-24-8-4-6-10-34(24)38-36/h3-20H,1-2H3. The molecule has 2 nitrogen and oxygen atoms in total. The van der Waals surface area contributed by atoms with Crippen molar-refractivity contribution in [3.05, 3.63) is 120 Å². The minimum absolute atomic E-state index is 0.894. The molecule has 0 unspecified atom stereocenters. The second kappa shape index (κ2) is 7.84. The molecule has 0 saturated heterocycles. The quantitative estimate of drug-likeness (QED) is 0.226. The van der Waals surface area contributed by atoms with Crippen molar-refractivity contribution >= 4 is 54.3 Å². The second-order valence-electron chi connectivity index (χ2n) is 10.3. The smallest absolute Gasteiger partial charge is 0.136 e. The van der Waals surface area contributed by atoms with Crippen LogP contribution in [-0.2, 0) is 0 Å². The van der Waals surface area contributed by atoms with Gasteiger partial charge in [-0.15, -0.1) is 0 Å². The third-order valence-corrected chi connectivity index (χ3v) is 7.76. The van der Waals surface area contributed by atoms with E-state index in [1.807, 2.05) is 24.3 Å². The summed E-state index contributed by atoms with van der Waals surface area (Å²) >= 11 is 0. The normalized spacial score (nSPS) is 11.9. The summed E-state index contributed by atoms with van der Waals surface area (Å²) in [6, 6.07) is 38.8. The van der Waals surface area contributed by atoms with E-state index in [0.29, 0.717) is 0 Å². The molecule has 0 amide bonds. The SMILES string of the molecule is Cc1ccc2c(c1)c(-c1cc3ccccc3o1)cc1c3ccc(C)cc3c(-c3cc4ccccc4o3)cc21. The van der Waals surface area contributed by atoms with Crippen molar-refractivity contribution in [1.82, 2.24) is 0 Å². The van der Waals surface area contributed by atoms with Crippen LogP contribution >= 0.6 is 0 Å². The van der Waals surface area contributed by atoms with Gasteiger partial charge >= 0.3 is 0 Å². The number of para-hydroxylation sites is 2.